The Morgan fingerprint density at radius 3 is 2.73 bits per heavy atom. The highest BCUT2D eigenvalue weighted by atomic mass is 19.1. The Bertz CT molecular complexity index is 809. The molecule has 5 heteroatoms. The van der Waals surface area contributed by atoms with Crippen LogP contribution in [-0.2, 0) is 6.54 Å². The molecule has 1 amide bonds. The third-order valence-electron chi connectivity index (χ3n) is 3.50. The van der Waals surface area contributed by atoms with Gasteiger partial charge >= 0.3 is 0 Å². The third kappa shape index (κ3) is 2.79. The number of carbonyl (C=O) groups is 1. The molecular weight excluding hydrogens is 283 g/mol. The van der Waals surface area contributed by atoms with E-state index in [0.29, 0.717) is 23.0 Å². The second kappa shape index (κ2) is 5.89. The van der Waals surface area contributed by atoms with Gasteiger partial charge in [0.1, 0.15) is 11.6 Å². The van der Waals surface area contributed by atoms with Crippen molar-refractivity contribution in [2.45, 2.75) is 6.54 Å². The van der Waals surface area contributed by atoms with Crippen LogP contribution in [0.4, 0.5) is 4.39 Å². The van der Waals surface area contributed by atoms with E-state index in [1.807, 2.05) is 24.3 Å². The summed E-state index contributed by atoms with van der Waals surface area (Å²) in [6.07, 6.45) is 1.59. The smallest absolute Gasteiger partial charge is 0.253 e. The van der Waals surface area contributed by atoms with E-state index >= 15 is 0 Å². The molecule has 2 N–H and O–H groups in total. The van der Waals surface area contributed by atoms with E-state index in [-0.39, 0.29) is 11.7 Å². The van der Waals surface area contributed by atoms with E-state index in [1.54, 1.807) is 19.4 Å². The predicted molar refractivity (Wildman–Crippen MR) is 82.4 cm³/mol. The summed E-state index contributed by atoms with van der Waals surface area (Å²) in [6.45, 7) is 0.413. The lowest BCUT2D eigenvalue weighted by Crippen LogP contribution is -2.22. The van der Waals surface area contributed by atoms with Crippen molar-refractivity contribution >= 4 is 16.8 Å². The van der Waals surface area contributed by atoms with Crippen LogP contribution in [0.1, 0.15) is 15.9 Å². The molecule has 0 aliphatic carbocycles. The monoisotopic (exact) mass is 298 g/mol. The van der Waals surface area contributed by atoms with Gasteiger partial charge < -0.3 is 15.0 Å². The summed E-state index contributed by atoms with van der Waals surface area (Å²) in [7, 11) is 1.61. The van der Waals surface area contributed by atoms with Gasteiger partial charge in [0.05, 0.1) is 12.7 Å². The van der Waals surface area contributed by atoms with Crippen molar-refractivity contribution in [1.29, 1.82) is 0 Å². The van der Waals surface area contributed by atoms with Crippen LogP contribution in [0.2, 0.25) is 0 Å². The minimum absolute atomic E-state index is 0.200. The van der Waals surface area contributed by atoms with Crippen molar-refractivity contribution in [2.24, 2.45) is 0 Å². The number of halogens is 1. The molecule has 3 aromatic rings. The Morgan fingerprint density at radius 1 is 1.23 bits per heavy atom. The fraction of sp³-hybridized carbons (Fsp3) is 0.118. The van der Waals surface area contributed by atoms with Crippen LogP contribution >= 0.6 is 0 Å². The summed E-state index contributed by atoms with van der Waals surface area (Å²) in [5.74, 6) is 0.238. The Kier molecular flexibility index (Phi) is 3.78. The molecule has 0 aliphatic heterocycles. The van der Waals surface area contributed by atoms with Gasteiger partial charge in [0.25, 0.3) is 5.91 Å². The highest BCUT2D eigenvalue weighted by Crippen LogP contribution is 2.19. The van der Waals surface area contributed by atoms with Crippen LogP contribution < -0.4 is 10.1 Å². The molecule has 0 saturated carbocycles. The van der Waals surface area contributed by atoms with E-state index < -0.39 is 0 Å². The van der Waals surface area contributed by atoms with Crippen molar-refractivity contribution in [3.05, 3.63) is 65.6 Å². The summed E-state index contributed by atoms with van der Waals surface area (Å²) in [4.78, 5) is 15.2. The first-order valence-electron chi connectivity index (χ1n) is 6.85. The minimum atomic E-state index is -0.334. The maximum atomic E-state index is 13.1. The zero-order valence-corrected chi connectivity index (χ0v) is 12.0. The summed E-state index contributed by atoms with van der Waals surface area (Å²) in [6, 6.07) is 11.8. The summed E-state index contributed by atoms with van der Waals surface area (Å²) < 4.78 is 18.2. The quantitative estimate of drug-likeness (QED) is 0.777. The predicted octanol–water partition coefficient (Wildman–Crippen LogP) is 3.25. The largest absolute Gasteiger partial charge is 0.497 e. The van der Waals surface area contributed by atoms with Gasteiger partial charge in [-0.25, -0.2) is 4.39 Å². The van der Waals surface area contributed by atoms with Crippen LogP contribution in [0, 0.1) is 5.82 Å². The minimum Gasteiger partial charge on any atom is -0.497 e. The number of hydrogen-bond donors (Lipinski definition) is 2. The first-order chi connectivity index (χ1) is 10.7. The molecule has 3 rings (SSSR count). The Morgan fingerprint density at radius 2 is 2.00 bits per heavy atom. The van der Waals surface area contributed by atoms with Crippen LogP contribution in [0.25, 0.3) is 10.9 Å². The number of nitrogens with one attached hydrogen (secondary N) is 2. The van der Waals surface area contributed by atoms with E-state index in [9.17, 15) is 9.18 Å². The number of rotatable bonds is 4. The zero-order chi connectivity index (χ0) is 15.5. The topological polar surface area (TPSA) is 54.1 Å². The number of carbonyl (C=O) groups excluding carboxylic acids is 1. The molecule has 0 aliphatic rings. The number of H-pyrrole nitrogens is 1. The zero-order valence-electron chi connectivity index (χ0n) is 12.0. The fourth-order valence-corrected chi connectivity index (χ4v) is 2.31. The third-order valence-corrected chi connectivity index (χ3v) is 3.50. The van der Waals surface area contributed by atoms with Gasteiger partial charge in [0.2, 0.25) is 0 Å². The Labute approximate surface area is 126 Å². The first kappa shape index (κ1) is 14.1. The summed E-state index contributed by atoms with van der Waals surface area (Å²) >= 11 is 0. The van der Waals surface area contributed by atoms with Crippen LogP contribution in [0.3, 0.4) is 0 Å². The van der Waals surface area contributed by atoms with E-state index in [0.717, 1.165) is 11.3 Å². The number of aromatic nitrogens is 1. The van der Waals surface area contributed by atoms with Gasteiger partial charge in [-0.3, -0.25) is 4.79 Å². The number of fused-ring (bicyclic) bond motifs is 1. The average Bonchev–Trinajstić information content (AvgIpc) is 2.96. The normalized spacial score (nSPS) is 10.6. The molecule has 4 nitrogen and oxygen atoms in total. The lowest BCUT2D eigenvalue weighted by Gasteiger charge is -2.06. The van der Waals surface area contributed by atoms with Crippen molar-refractivity contribution in [3.63, 3.8) is 0 Å². The molecule has 0 saturated heterocycles. The molecule has 1 heterocycles. The number of benzene rings is 2. The van der Waals surface area contributed by atoms with Crippen LogP contribution in [0.15, 0.2) is 48.7 Å². The number of aromatic amines is 1. The molecule has 0 fully saturated rings. The van der Waals surface area contributed by atoms with E-state index in [1.165, 1.54) is 12.1 Å². The molecule has 0 atom stereocenters. The number of hydrogen-bond acceptors (Lipinski definition) is 2. The van der Waals surface area contributed by atoms with Gasteiger partial charge in [-0.2, -0.15) is 0 Å². The molecule has 2 aromatic carbocycles. The molecule has 0 spiro atoms. The SMILES string of the molecule is COc1ccc(CNC(=O)c2c[nH]c3cc(F)ccc23)cc1. The van der Waals surface area contributed by atoms with Gasteiger partial charge in [0.15, 0.2) is 0 Å². The van der Waals surface area contributed by atoms with Crippen molar-refractivity contribution in [3.8, 4) is 5.75 Å². The van der Waals surface area contributed by atoms with Crippen molar-refractivity contribution < 1.29 is 13.9 Å². The lowest BCUT2D eigenvalue weighted by atomic mass is 10.1. The van der Waals surface area contributed by atoms with Gasteiger partial charge in [-0.1, -0.05) is 12.1 Å². The first-order valence-corrected chi connectivity index (χ1v) is 6.85. The van der Waals surface area contributed by atoms with Gasteiger partial charge in [0, 0.05) is 23.6 Å². The standard InChI is InChI=1S/C17H15FN2O2/c1-22-13-5-2-11(3-6-13)9-20-17(21)15-10-19-16-8-12(18)4-7-14(15)16/h2-8,10,19H,9H2,1H3,(H,20,21). The fourth-order valence-electron chi connectivity index (χ4n) is 2.31. The average molecular weight is 298 g/mol. The maximum Gasteiger partial charge on any atom is 0.253 e. The molecule has 112 valence electrons. The summed E-state index contributed by atoms with van der Waals surface area (Å²) in [5.41, 5.74) is 2.08. The van der Waals surface area contributed by atoms with E-state index in [2.05, 4.69) is 10.3 Å². The maximum absolute atomic E-state index is 13.1. The second-order valence-corrected chi connectivity index (χ2v) is 4.92. The van der Waals surface area contributed by atoms with Gasteiger partial charge in [-0.15, -0.1) is 0 Å². The summed E-state index contributed by atoms with van der Waals surface area (Å²) in [5, 5.41) is 3.55. The Hall–Kier alpha value is -2.82. The second-order valence-electron chi connectivity index (χ2n) is 4.92. The van der Waals surface area contributed by atoms with Crippen LogP contribution in [-0.4, -0.2) is 18.0 Å². The molecule has 0 bridgehead atoms. The molecule has 22 heavy (non-hydrogen) atoms. The van der Waals surface area contributed by atoms with Gasteiger partial charge in [-0.05, 0) is 35.9 Å². The molecule has 0 unspecified atom stereocenters. The number of ether oxygens (including phenoxy) is 1. The van der Waals surface area contributed by atoms with Crippen molar-refractivity contribution in [2.75, 3.05) is 7.11 Å². The number of methoxy groups -OCH3 is 1. The van der Waals surface area contributed by atoms with E-state index in [4.69, 9.17) is 4.74 Å². The van der Waals surface area contributed by atoms with Crippen molar-refractivity contribution in [1.82, 2.24) is 10.3 Å². The molecular formula is C17H15FN2O2. The van der Waals surface area contributed by atoms with Crippen LogP contribution in [0.5, 0.6) is 5.75 Å². The molecule has 0 radical (unpaired) electrons. The number of amides is 1. The molecule has 1 aromatic heterocycles. The Balaban J connectivity index is 1.72. The highest BCUT2D eigenvalue weighted by molar-refractivity contribution is 6.06. The lowest BCUT2D eigenvalue weighted by molar-refractivity contribution is 0.0952. The highest BCUT2D eigenvalue weighted by Gasteiger charge is 2.12.